The molecule has 238 valence electrons. The first-order valence-electron chi connectivity index (χ1n) is 16.0. The SMILES string of the molecule is COc1ccc(CCN2C[C@H]3C[C@H](c4ccc(N(C)C)c5ccccc45)N4C(=O)N(CCN5CCOCC5)C(=O)[C@]34C2)cc1O. The molecule has 3 amide bonds. The molecule has 0 aromatic heterocycles. The van der Waals surface area contributed by atoms with Gasteiger partial charge in [0.1, 0.15) is 5.54 Å². The minimum absolute atomic E-state index is 0.0314. The van der Waals surface area contributed by atoms with Gasteiger partial charge in [-0.15, -0.1) is 0 Å². The molecule has 0 radical (unpaired) electrons. The smallest absolute Gasteiger partial charge is 0.328 e. The molecule has 4 heterocycles. The minimum atomic E-state index is -0.879. The lowest BCUT2D eigenvalue weighted by atomic mass is 9.87. The number of amides is 3. The van der Waals surface area contributed by atoms with Crippen molar-refractivity contribution in [1.29, 1.82) is 0 Å². The second kappa shape index (κ2) is 11.8. The van der Waals surface area contributed by atoms with Crippen LogP contribution in [0, 0.1) is 5.92 Å². The highest BCUT2D eigenvalue weighted by Gasteiger charge is 2.70. The van der Waals surface area contributed by atoms with Crippen LogP contribution in [0.1, 0.15) is 23.6 Å². The van der Waals surface area contributed by atoms with E-state index >= 15 is 0 Å². The van der Waals surface area contributed by atoms with Gasteiger partial charge in [0.15, 0.2) is 11.5 Å². The average Bonchev–Trinajstić information content (AvgIpc) is 3.63. The summed E-state index contributed by atoms with van der Waals surface area (Å²) in [5, 5.41) is 12.6. The Labute approximate surface area is 264 Å². The summed E-state index contributed by atoms with van der Waals surface area (Å²) in [5.74, 6) is 0.560. The first-order chi connectivity index (χ1) is 21.8. The Kier molecular flexibility index (Phi) is 7.83. The maximum Gasteiger partial charge on any atom is 0.328 e. The van der Waals surface area contributed by atoms with E-state index in [0.717, 1.165) is 66.6 Å². The van der Waals surface area contributed by atoms with Crippen LogP contribution in [0.15, 0.2) is 54.6 Å². The molecule has 1 spiro atoms. The molecule has 3 atom stereocenters. The van der Waals surface area contributed by atoms with E-state index in [1.54, 1.807) is 19.2 Å². The zero-order valence-corrected chi connectivity index (χ0v) is 26.4. The first-order valence-corrected chi connectivity index (χ1v) is 16.0. The van der Waals surface area contributed by atoms with Crippen molar-refractivity contribution in [1.82, 2.24) is 19.6 Å². The number of nitrogens with zero attached hydrogens (tertiary/aromatic N) is 5. The van der Waals surface area contributed by atoms with Crippen molar-refractivity contribution in [3.05, 3.63) is 65.7 Å². The molecular formula is C35H43N5O5. The molecule has 0 saturated carbocycles. The summed E-state index contributed by atoms with van der Waals surface area (Å²) in [4.78, 5) is 39.2. The molecule has 4 aliphatic heterocycles. The summed E-state index contributed by atoms with van der Waals surface area (Å²) >= 11 is 0. The summed E-state index contributed by atoms with van der Waals surface area (Å²) in [6, 6.07) is 17.9. The third-order valence-corrected chi connectivity index (χ3v) is 10.4. The molecule has 1 N–H and O–H groups in total. The average molecular weight is 614 g/mol. The number of hydrogen-bond acceptors (Lipinski definition) is 8. The molecule has 4 fully saturated rings. The molecule has 10 nitrogen and oxygen atoms in total. The van der Waals surface area contributed by atoms with Crippen molar-refractivity contribution in [3.63, 3.8) is 0 Å². The maximum atomic E-state index is 14.5. The van der Waals surface area contributed by atoms with E-state index in [-0.39, 0.29) is 29.6 Å². The number of carbonyl (C=O) groups is 2. The van der Waals surface area contributed by atoms with Gasteiger partial charge in [-0.25, -0.2) is 4.79 Å². The molecule has 4 aliphatic rings. The van der Waals surface area contributed by atoms with E-state index in [1.807, 2.05) is 25.1 Å². The molecule has 0 aliphatic carbocycles. The molecule has 0 unspecified atom stereocenters. The van der Waals surface area contributed by atoms with Crippen LogP contribution in [-0.2, 0) is 16.0 Å². The Bertz CT molecular complexity index is 1610. The number of phenols is 1. The van der Waals surface area contributed by atoms with E-state index in [9.17, 15) is 14.7 Å². The molecule has 4 saturated heterocycles. The van der Waals surface area contributed by atoms with Gasteiger partial charge in [-0.3, -0.25) is 19.5 Å². The predicted molar refractivity (Wildman–Crippen MR) is 173 cm³/mol. The standard InChI is InChI=1S/C35H43N5O5/c1-36(2)29-10-9-28(26-6-4-5-7-27(26)29)30-21-25-22-38(13-12-24-8-11-32(44-3)31(41)20-24)23-35(25)33(42)39(34(43)40(30)35)15-14-37-16-18-45-19-17-37/h4-11,20,25,30,41H,12-19,21-23H2,1-3H3/t25-,30-,35+/m1/s1. The number of benzene rings is 3. The normalized spacial score (nSPS) is 25.3. The summed E-state index contributed by atoms with van der Waals surface area (Å²) in [7, 11) is 5.64. The van der Waals surface area contributed by atoms with Crippen LogP contribution in [0.4, 0.5) is 10.5 Å². The number of ether oxygens (including phenoxy) is 2. The van der Waals surface area contributed by atoms with Crippen molar-refractivity contribution in [3.8, 4) is 11.5 Å². The Balaban J connectivity index is 1.20. The first kappa shape index (κ1) is 29.8. The lowest BCUT2D eigenvalue weighted by Gasteiger charge is -2.32. The number of hydrogen-bond donors (Lipinski definition) is 1. The van der Waals surface area contributed by atoms with Crippen LogP contribution in [0.25, 0.3) is 10.8 Å². The largest absolute Gasteiger partial charge is 0.504 e. The third-order valence-electron chi connectivity index (χ3n) is 10.4. The maximum absolute atomic E-state index is 14.5. The predicted octanol–water partition coefficient (Wildman–Crippen LogP) is 3.57. The molecule has 3 aromatic carbocycles. The van der Waals surface area contributed by atoms with E-state index in [4.69, 9.17) is 9.47 Å². The van der Waals surface area contributed by atoms with Gasteiger partial charge < -0.3 is 24.4 Å². The minimum Gasteiger partial charge on any atom is -0.504 e. The molecular weight excluding hydrogens is 570 g/mol. The van der Waals surface area contributed by atoms with Crippen molar-refractivity contribution in [2.45, 2.75) is 24.4 Å². The third kappa shape index (κ3) is 4.99. The molecule has 0 bridgehead atoms. The van der Waals surface area contributed by atoms with Crippen LogP contribution in [0.5, 0.6) is 11.5 Å². The van der Waals surface area contributed by atoms with Gasteiger partial charge in [-0.2, -0.15) is 0 Å². The number of likely N-dealkylation sites (tertiary alicyclic amines) is 1. The lowest BCUT2D eigenvalue weighted by molar-refractivity contribution is -0.133. The van der Waals surface area contributed by atoms with Gasteiger partial charge in [0, 0.05) is 76.9 Å². The number of urea groups is 1. The fourth-order valence-corrected chi connectivity index (χ4v) is 8.16. The quantitative estimate of drug-likeness (QED) is 0.367. The number of anilines is 1. The van der Waals surface area contributed by atoms with E-state index in [2.05, 4.69) is 51.1 Å². The highest BCUT2D eigenvalue weighted by atomic mass is 16.5. The summed E-state index contributed by atoms with van der Waals surface area (Å²) < 4.78 is 10.7. The fraction of sp³-hybridized carbons (Fsp3) is 0.486. The summed E-state index contributed by atoms with van der Waals surface area (Å²) in [5.41, 5.74) is 2.37. The number of fused-ring (bicyclic) bond motifs is 1. The van der Waals surface area contributed by atoms with Crippen molar-refractivity contribution >= 4 is 28.4 Å². The van der Waals surface area contributed by atoms with E-state index in [1.165, 1.54) is 4.90 Å². The number of morpholine rings is 1. The van der Waals surface area contributed by atoms with Crippen molar-refractivity contribution < 1.29 is 24.2 Å². The summed E-state index contributed by atoms with van der Waals surface area (Å²) in [6.07, 6.45) is 1.48. The highest BCUT2D eigenvalue weighted by Crippen LogP contribution is 2.55. The second-order valence-electron chi connectivity index (χ2n) is 13.0. The Hall–Kier alpha value is -3.86. The number of aromatic hydroxyl groups is 1. The van der Waals surface area contributed by atoms with Crippen molar-refractivity contribution in [2.24, 2.45) is 5.92 Å². The lowest BCUT2D eigenvalue weighted by Crippen LogP contribution is -2.52. The number of methoxy groups -OCH3 is 1. The van der Waals surface area contributed by atoms with Gasteiger partial charge in [-0.1, -0.05) is 36.4 Å². The monoisotopic (exact) mass is 613 g/mol. The molecule has 3 aromatic rings. The molecule has 10 heteroatoms. The van der Waals surface area contributed by atoms with Gasteiger partial charge in [0.05, 0.1) is 26.4 Å². The fourth-order valence-electron chi connectivity index (χ4n) is 8.16. The molecule has 7 rings (SSSR count). The van der Waals surface area contributed by atoms with Crippen LogP contribution in [0.3, 0.4) is 0 Å². The van der Waals surface area contributed by atoms with Crippen molar-refractivity contribution in [2.75, 3.05) is 85.1 Å². The van der Waals surface area contributed by atoms with Gasteiger partial charge in [0.25, 0.3) is 5.91 Å². The number of phenolic OH excluding ortho intramolecular Hbond substituents is 1. The van der Waals surface area contributed by atoms with Gasteiger partial charge in [-0.05, 0) is 47.6 Å². The number of carbonyl (C=O) groups excluding carboxylic acids is 2. The number of imide groups is 1. The van der Waals surface area contributed by atoms with Gasteiger partial charge >= 0.3 is 6.03 Å². The zero-order chi connectivity index (χ0) is 31.3. The zero-order valence-electron chi connectivity index (χ0n) is 26.4. The molecule has 45 heavy (non-hydrogen) atoms. The second-order valence-corrected chi connectivity index (χ2v) is 13.0. The van der Waals surface area contributed by atoms with Crippen LogP contribution in [0.2, 0.25) is 0 Å². The van der Waals surface area contributed by atoms with Crippen LogP contribution < -0.4 is 9.64 Å². The topological polar surface area (TPSA) is 89.0 Å². The number of rotatable bonds is 9. The van der Waals surface area contributed by atoms with Crippen LogP contribution in [-0.4, -0.2) is 122 Å². The Morgan fingerprint density at radius 3 is 2.49 bits per heavy atom. The van der Waals surface area contributed by atoms with E-state index < -0.39 is 5.54 Å². The van der Waals surface area contributed by atoms with E-state index in [0.29, 0.717) is 38.6 Å². The van der Waals surface area contributed by atoms with Crippen LogP contribution >= 0.6 is 0 Å². The Morgan fingerprint density at radius 2 is 1.76 bits per heavy atom. The highest BCUT2D eigenvalue weighted by molar-refractivity contribution is 6.09. The summed E-state index contributed by atoms with van der Waals surface area (Å²) in [6.45, 7) is 6.04. The Morgan fingerprint density at radius 1 is 0.978 bits per heavy atom. The van der Waals surface area contributed by atoms with Gasteiger partial charge in [0.2, 0.25) is 0 Å².